The lowest BCUT2D eigenvalue weighted by Gasteiger charge is -2.18. The number of aromatic amines is 1. The summed E-state index contributed by atoms with van der Waals surface area (Å²) in [5, 5.41) is 3.51. The van der Waals surface area contributed by atoms with Gasteiger partial charge >= 0.3 is 0 Å². The van der Waals surface area contributed by atoms with Crippen molar-refractivity contribution in [3.63, 3.8) is 0 Å². The smallest absolute Gasteiger partial charge is 0.255 e. The first-order valence-corrected chi connectivity index (χ1v) is 7.81. The van der Waals surface area contributed by atoms with Crippen LogP contribution in [-0.2, 0) is 4.79 Å². The van der Waals surface area contributed by atoms with Crippen molar-refractivity contribution >= 4 is 34.2 Å². The lowest BCUT2D eigenvalue weighted by molar-refractivity contribution is -0.119. The molecular weight excluding hydrogens is 292 g/mol. The van der Waals surface area contributed by atoms with Gasteiger partial charge in [0.05, 0.1) is 5.56 Å². The molecule has 4 N–H and O–H groups in total. The highest BCUT2D eigenvalue weighted by Gasteiger charge is 2.18. The van der Waals surface area contributed by atoms with E-state index < -0.39 is 0 Å². The van der Waals surface area contributed by atoms with Crippen LogP contribution < -0.4 is 16.0 Å². The SMILES string of the molecule is CCNC(=O)c1c(N)[nH]c2cc(N(C)C(=O)CC(C)C)ccc12. The van der Waals surface area contributed by atoms with Crippen molar-refractivity contribution in [3.05, 3.63) is 23.8 Å². The maximum Gasteiger partial charge on any atom is 0.255 e. The lowest BCUT2D eigenvalue weighted by atomic mass is 10.1. The fourth-order valence-corrected chi connectivity index (χ4v) is 2.54. The van der Waals surface area contributed by atoms with Gasteiger partial charge in [-0.1, -0.05) is 13.8 Å². The van der Waals surface area contributed by atoms with Crippen LogP contribution in [-0.4, -0.2) is 30.4 Å². The van der Waals surface area contributed by atoms with Crippen LogP contribution >= 0.6 is 0 Å². The summed E-state index contributed by atoms with van der Waals surface area (Å²) >= 11 is 0. The maximum absolute atomic E-state index is 12.2. The van der Waals surface area contributed by atoms with Gasteiger partial charge in [-0.25, -0.2) is 0 Å². The van der Waals surface area contributed by atoms with Gasteiger partial charge in [0, 0.05) is 36.6 Å². The van der Waals surface area contributed by atoms with E-state index in [1.807, 2.05) is 39.0 Å². The number of carbonyl (C=O) groups excluding carboxylic acids is 2. The van der Waals surface area contributed by atoms with Gasteiger partial charge in [-0.05, 0) is 31.0 Å². The molecule has 2 rings (SSSR count). The molecule has 0 aliphatic carbocycles. The highest BCUT2D eigenvalue weighted by Crippen LogP contribution is 2.28. The van der Waals surface area contributed by atoms with Crippen molar-refractivity contribution < 1.29 is 9.59 Å². The highest BCUT2D eigenvalue weighted by molar-refractivity contribution is 6.12. The number of hydrogen-bond acceptors (Lipinski definition) is 3. The molecule has 1 aromatic carbocycles. The van der Waals surface area contributed by atoms with Crippen LogP contribution in [0.4, 0.5) is 11.5 Å². The third kappa shape index (κ3) is 3.47. The van der Waals surface area contributed by atoms with Gasteiger partial charge < -0.3 is 20.9 Å². The fraction of sp³-hybridized carbons (Fsp3) is 0.412. The van der Waals surface area contributed by atoms with Crippen LogP contribution in [0, 0.1) is 5.92 Å². The van der Waals surface area contributed by atoms with Crippen molar-refractivity contribution in [2.75, 3.05) is 24.2 Å². The number of nitrogens with one attached hydrogen (secondary N) is 2. The number of rotatable bonds is 5. The minimum Gasteiger partial charge on any atom is -0.385 e. The molecule has 6 nitrogen and oxygen atoms in total. The normalized spacial score (nSPS) is 11.0. The van der Waals surface area contributed by atoms with E-state index in [0.29, 0.717) is 30.3 Å². The zero-order valence-corrected chi connectivity index (χ0v) is 14.1. The number of aromatic nitrogens is 1. The number of benzene rings is 1. The minimum atomic E-state index is -0.201. The number of H-pyrrole nitrogens is 1. The molecule has 0 radical (unpaired) electrons. The van der Waals surface area contributed by atoms with Gasteiger partial charge in [0.25, 0.3) is 5.91 Å². The van der Waals surface area contributed by atoms with Gasteiger partial charge in [0.1, 0.15) is 5.82 Å². The molecule has 0 aliphatic rings. The maximum atomic E-state index is 12.2. The zero-order chi connectivity index (χ0) is 17.1. The Morgan fingerprint density at radius 3 is 2.65 bits per heavy atom. The monoisotopic (exact) mass is 316 g/mol. The van der Waals surface area contributed by atoms with Crippen LogP contribution in [0.15, 0.2) is 18.2 Å². The van der Waals surface area contributed by atoms with Crippen LogP contribution in [0.3, 0.4) is 0 Å². The third-order valence-electron chi connectivity index (χ3n) is 3.72. The van der Waals surface area contributed by atoms with Crippen molar-refractivity contribution in [2.24, 2.45) is 5.92 Å². The van der Waals surface area contributed by atoms with Gasteiger partial charge in [-0.2, -0.15) is 0 Å². The fourth-order valence-electron chi connectivity index (χ4n) is 2.54. The van der Waals surface area contributed by atoms with Crippen molar-refractivity contribution in [2.45, 2.75) is 27.2 Å². The average molecular weight is 316 g/mol. The molecule has 0 fully saturated rings. The Morgan fingerprint density at radius 2 is 2.04 bits per heavy atom. The van der Waals surface area contributed by atoms with Crippen molar-refractivity contribution in [1.82, 2.24) is 10.3 Å². The third-order valence-corrected chi connectivity index (χ3v) is 3.72. The van der Waals surface area contributed by atoms with Crippen LogP contribution in [0.5, 0.6) is 0 Å². The Balaban J connectivity index is 2.37. The van der Waals surface area contributed by atoms with E-state index in [1.165, 1.54) is 0 Å². The summed E-state index contributed by atoms with van der Waals surface area (Å²) in [6, 6.07) is 5.49. The number of anilines is 2. The summed E-state index contributed by atoms with van der Waals surface area (Å²) in [4.78, 5) is 28.9. The van der Waals surface area contributed by atoms with E-state index in [0.717, 1.165) is 16.6 Å². The second-order valence-electron chi connectivity index (χ2n) is 6.05. The minimum absolute atomic E-state index is 0.0582. The molecule has 124 valence electrons. The summed E-state index contributed by atoms with van der Waals surface area (Å²) in [5.74, 6) is 0.495. The second-order valence-corrected chi connectivity index (χ2v) is 6.05. The van der Waals surface area contributed by atoms with Crippen LogP contribution in [0.2, 0.25) is 0 Å². The Morgan fingerprint density at radius 1 is 1.35 bits per heavy atom. The first-order chi connectivity index (χ1) is 10.8. The molecule has 0 atom stereocenters. The summed E-state index contributed by atoms with van der Waals surface area (Å²) < 4.78 is 0. The molecule has 2 amide bonds. The molecular formula is C17H24N4O2. The molecule has 0 aliphatic heterocycles. The predicted octanol–water partition coefficient (Wildman–Crippen LogP) is 2.51. The van der Waals surface area contributed by atoms with E-state index >= 15 is 0 Å². The highest BCUT2D eigenvalue weighted by atomic mass is 16.2. The van der Waals surface area contributed by atoms with Gasteiger partial charge in [-0.3, -0.25) is 9.59 Å². The number of nitrogens with zero attached hydrogens (tertiary/aromatic N) is 1. The average Bonchev–Trinajstić information content (AvgIpc) is 2.80. The van der Waals surface area contributed by atoms with Crippen LogP contribution in [0.25, 0.3) is 10.9 Å². The standard InChI is InChI=1S/C17H24N4O2/c1-5-19-17(23)15-12-7-6-11(9-13(12)20-16(15)18)21(4)14(22)8-10(2)3/h6-7,9-10,20H,5,8,18H2,1-4H3,(H,19,23). The number of hydrogen-bond donors (Lipinski definition) is 3. The predicted molar refractivity (Wildman–Crippen MR) is 93.6 cm³/mol. The van der Waals surface area contributed by atoms with E-state index in [-0.39, 0.29) is 11.8 Å². The molecule has 0 unspecified atom stereocenters. The quantitative estimate of drug-likeness (QED) is 0.791. The number of nitrogen functional groups attached to an aromatic ring is 1. The Bertz CT molecular complexity index is 734. The summed E-state index contributed by atoms with van der Waals surface area (Å²) in [5.41, 5.74) is 7.90. The Kier molecular flexibility index (Phi) is 4.93. The number of amides is 2. The molecule has 2 aromatic rings. The molecule has 23 heavy (non-hydrogen) atoms. The van der Waals surface area contributed by atoms with Crippen LogP contribution in [0.1, 0.15) is 37.6 Å². The van der Waals surface area contributed by atoms with Gasteiger partial charge in [0.2, 0.25) is 5.91 Å². The van der Waals surface area contributed by atoms with E-state index in [9.17, 15) is 9.59 Å². The topological polar surface area (TPSA) is 91.2 Å². The number of nitrogens with two attached hydrogens (primary N) is 1. The van der Waals surface area contributed by atoms with Gasteiger partial charge in [-0.15, -0.1) is 0 Å². The van der Waals surface area contributed by atoms with Crippen molar-refractivity contribution in [3.8, 4) is 0 Å². The summed E-state index contributed by atoms with van der Waals surface area (Å²) in [7, 11) is 1.75. The number of carbonyl (C=O) groups is 2. The largest absolute Gasteiger partial charge is 0.385 e. The van der Waals surface area contributed by atoms with Gasteiger partial charge in [0.15, 0.2) is 0 Å². The summed E-state index contributed by atoms with van der Waals surface area (Å²) in [6.45, 7) is 6.42. The first-order valence-electron chi connectivity index (χ1n) is 7.81. The van der Waals surface area contributed by atoms with E-state index in [2.05, 4.69) is 10.3 Å². The molecule has 1 heterocycles. The molecule has 0 spiro atoms. The zero-order valence-electron chi connectivity index (χ0n) is 14.1. The molecule has 0 bridgehead atoms. The summed E-state index contributed by atoms with van der Waals surface area (Å²) in [6.07, 6.45) is 0.492. The Labute approximate surface area is 136 Å². The molecule has 6 heteroatoms. The van der Waals surface area contributed by atoms with E-state index in [4.69, 9.17) is 5.73 Å². The molecule has 0 saturated carbocycles. The molecule has 0 saturated heterocycles. The van der Waals surface area contributed by atoms with Crippen molar-refractivity contribution in [1.29, 1.82) is 0 Å². The number of fused-ring (bicyclic) bond motifs is 1. The van der Waals surface area contributed by atoms with E-state index in [1.54, 1.807) is 11.9 Å². The Hall–Kier alpha value is -2.50. The lowest BCUT2D eigenvalue weighted by Crippen LogP contribution is -2.27. The first kappa shape index (κ1) is 16.9. The molecule has 1 aromatic heterocycles. The second kappa shape index (κ2) is 6.73.